The van der Waals surface area contributed by atoms with E-state index >= 15 is 0 Å². The van der Waals surface area contributed by atoms with Gasteiger partial charge in [-0.25, -0.2) is 0 Å². The normalized spacial score (nSPS) is 17.7. The Hall–Kier alpha value is -6.70. The standard InChI is InChI=1S/C57H45N/c1-38-14-4-13-23-55(38)58(45-31-26-40(27-32-45)42-25-24-39-15-5-6-16-41(39)36-42)46-33-28-43(29-34-46)57(53-21-11-8-17-47(53)48-18-9-12-22-54(48)57)44-30-35-52-50(37-44)49-19-7-10-20-51(49)56(52,2)3/h4-38,55H,1-3H3. The van der Waals surface area contributed by atoms with E-state index in [-0.39, 0.29) is 11.5 Å². The molecule has 0 bridgehead atoms. The zero-order valence-corrected chi connectivity index (χ0v) is 33.2. The van der Waals surface area contributed by atoms with Crippen LogP contribution in [0, 0.1) is 5.92 Å². The Kier molecular flexibility index (Phi) is 7.85. The highest BCUT2D eigenvalue weighted by Gasteiger charge is 2.47. The van der Waals surface area contributed by atoms with E-state index < -0.39 is 5.41 Å². The zero-order valence-electron chi connectivity index (χ0n) is 33.2. The minimum atomic E-state index is -0.491. The maximum Gasteiger partial charge on any atom is 0.0713 e. The van der Waals surface area contributed by atoms with Crippen molar-refractivity contribution in [1.29, 1.82) is 0 Å². The number of anilines is 2. The van der Waals surface area contributed by atoms with E-state index in [9.17, 15) is 0 Å². The smallest absolute Gasteiger partial charge is 0.0713 e. The molecule has 0 radical (unpaired) electrons. The van der Waals surface area contributed by atoms with Crippen molar-refractivity contribution < 1.29 is 0 Å². The molecule has 11 rings (SSSR count). The van der Waals surface area contributed by atoms with E-state index in [1.165, 1.54) is 88.9 Å². The van der Waals surface area contributed by atoms with Crippen LogP contribution in [0.4, 0.5) is 11.4 Å². The summed E-state index contributed by atoms with van der Waals surface area (Å²) in [5, 5.41) is 2.53. The number of hydrogen-bond donors (Lipinski definition) is 0. The van der Waals surface area contributed by atoms with Crippen LogP contribution in [0.5, 0.6) is 0 Å². The third-order valence-corrected chi connectivity index (χ3v) is 13.4. The fraction of sp³-hybridized carbons (Fsp3) is 0.123. The van der Waals surface area contributed by atoms with E-state index in [0.29, 0.717) is 5.92 Å². The molecule has 58 heavy (non-hydrogen) atoms. The van der Waals surface area contributed by atoms with Gasteiger partial charge in [0.05, 0.1) is 11.5 Å². The van der Waals surface area contributed by atoms with E-state index in [1.54, 1.807) is 0 Å². The molecular weight excluding hydrogens is 699 g/mol. The summed E-state index contributed by atoms with van der Waals surface area (Å²) in [6.45, 7) is 7.06. The highest BCUT2D eigenvalue weighted by atomic mass is 15.2. The molecule has 1 heteroatoms. The second kappa shape index (κ2) is 13.2. The summed E-state index contributed by atoms with van der Waals surface area (Å²) in [6.07, 6.45) is 9.05. The van der Waals surface area contributed by atoms with Crippen molar-refractivity contribution in [2.45, 2.75) is 37.6 Å². The Morgan fingerprint density at radius 2 is 0.931 bits per heavy atom. The van der Waals surface area contributed by atoms with Crippen molar-refractivity contribution in [3.8, 4) is 33.4 Å². The lowest BCUT2D eigenvalue weighted by Gasteiger charge is -2.37. The highest BCUT2D eigenvalue weighted by molar-refractivity contribution is 5.90. The van der Waals surface area contributed by atoms with Crippen LogP contribution in [0.1, 0.15) is 54.2 Å². The molecule has 2 unspecified atom stereocenters. The van der Waals surface area contributed by atoms with Gasteiger partial charge in [0.25, 0.3) is 0 Å². The summed E-state index contributed by atoms with van der Waals surface area (Å²) in [5.41, 5.74) is 17.6. The van der Waals surface area contributed by atoms with Crippen LogP contribution in [0.2, 0.25) is 0 Å². The number of allylic oxidation sites excluding steroid dienone is 2. The lowest BCUT2D eigenvalue weighted by Crippen LogP contribution is -2.35. The fourth-order valence-corrected chi connectivity index (χ4v) is 10.6. The van der Waals surface area contributed by atoms with Crippen LogP contribution in [-0.4, -0.2) is 6.04 Å². The molecule has 0 aliphatic heterocycles. The van der Waals surface area contributed by atoms with Crippen molar-refractivity contribution in [3.05, 3.63) is 240 Å². The maximum absolute atomic E-state index is 2.52. The number of benzene rings is 8. The van der Waals surface area contributed by atoms with Gasteiger partial charge in [-0.3, -0.25) is 0 Å². The lowest BCUT2D eigenvalue weighted by molar-refractivity contribution is 0.609. The Labute approximate surface area is 342 Å². The van der Waals surface area contributed by atoms with Gasteiger partial charge in [0.2, 0.25) is 0 Å². The Balaban J connectivity index is 1.06. The minimum Gasteiger partial charge on any atom is -0.334 e. The molecule has 0 spiro atoms. The molecule has 8 aromatic carbocycles. The van der Waals surface area contributed by atoms with Crippen molar-refractivity contribution >= 4 is 22.1 Å². The molecule has 8 aromatic rings. The summed E-state index contributed by atoms with van der Waals surface area (Å²) in [6, 6.07) is 68.7. The largest absolute Gasteiger partial charge is 0.334 e. The van der Waals surface area contributed by atoms with Crippen molar-refractivity contribution in [2.75, 3.05) is 4.90 Å². The first-order valence-electron chi connectivity index (χ1n) is 20.7. The molecule has 1 nitrogen and oxygen atoms in total. The van der Waals surface area contributed by atoms with Gasteiger partial charge in [0, 0.05) is 16.8 Å². The van der Waals surface area contributed by atoms with Gasteiger partial charge >= 0.3 is 0 Å². The van der Waals surface area contributed by atoms with Crippen LogP contribution in [-0.2, 0) is 10.8 Å². The van der Waals surface area contributed by atoms with Gasteiger partial charge < -0.3 is 4.90 Å². The quantitative estimate of drug-likeness (QED) is 0.164. The van der Waals surface area contributed by atoms with Gasteiger partial charge in [0.1, 0.15) is 0 Å². The van der Waals surface area contributed by atoms with Gasteiger partial charge in [-0.1, -0.05) is 191 Å². The first kappa shape index (κ1) is 34.5. The SMILES string of the molecule is CC1C=CC=CC1N(c1ccc(-c2ccc3ccccc3c2)cc1)c1ccc(C2(c3ccc4c(c3)-c3ccccc3C4(C)C)c3ccccc3-c3ccccc32)cc1. The van der Waals surface area contributed by atoms with Crippen LogP contribution in [0.3, 0.4) is 0 Å². The summed E-state index contributed by atoms with van der Waals surface area (Å²) in [5.74, 6) is 0.336. The topological polar surface area (TPSA) is 3.24 Å². The molecular formula is C57H45N. The average molecular weight is 744 g/mol. The number of rotatable bonds is 6. The predicted molar refractivity (Wildman–Crippen MR) is 244 cm³/mol. The number of nitrogens with zero attached hydrogens (tertiary/aromatic N) is 1. The molecule has 0 saturated carbocycles. The number of hydrogen-bond acceptors (Lipinski definition) is 1. The van der Waals surface area contributed by atoms with E-state index in [0.717, 1.165) is 0 Å². The second-order valence-electron chi connectivity index (χ2n) is 16.9. The molecule has 278 valence electrons. The second-order valence-corrected chi connectivity index (χ2v) is 16.9. The van der Waals surface area contributed by atoms with Gasteiger partial charge in [-0.05, 0) is 120 Å². The van der Waals surface area contributed by atoms with Gasteiger partial charge in [0.15, 0.2) is 0 Å². The molecule has 0 fully saturated rings. The van der Waals surface area contributed by atoms with E-state index in [2.05, 4.69) is 232 Å². The van der Waals surface area contributed by atoms with Crippen molar-refractivity contribution in [3.63, 3.8) is 0 Å². The molecule has 0 aromatic heterocycles. The molecule has 3 aliphatic carbocycles. The Bertz CT molecular complexity index is 2900. The molecule has 0 heterocycles. The minimum absolute atomic E-state index is 0.0538. The highest BCUT2D eigenvalue weighted by Crippen LogP contribution is 2.58. The monoisotopic (exact) mass is 743 g/mol. The Morgan fingerprint density at radius 3 is 1.60 bits per heavy atom. The molecule has 2 atom stereocenters. The first-order valence-corrected chi connectivity index (χ1v) is 20.7. The molecule has 0 amide bonds. The Morgan fingerprint density at radius 1 is 0.414 bits per heavy atom. The van der Waals surface area contributed by atoms with Crippen LogP contribution < -0.4 is 4.90 Å². The van der Waals surface area contributed by atoms with Crippen LogP contribution in [0.25, 0.3) is 44.2 Å². The van der Waals surface area contributed by atoms with E-state index in [1.807, 2.05) is 0 Å². The third-order valence-electron chi connectivity index (χ3n) is 13.4. The summed E-state index contributed by atoms with van der Waals surface area (Å²) < 4.78 is 0. The summed E-state index contributed by atoms with van der Waals surface area (Å²) >= 11 is 0. The van der Waals surface area contributed by atoms with Gasteiger partial charge in [-0.2, -0.15) is 0 Å². The lowest BCUT2D eigenvalue weighted by atomic mass is 9.67. The third kappa shape index (κ3) is 5.09. The zero-order chi connectivity index (χ0) is 39.0. The summed E-state index contributed by atoms with van der Waals surface area (Å²) in [4.78, 5) is 2.52. The average Bonchev–Trinajstić information content (AvgIpc) is 3.70. The first-order chi connectivity index (χ1) is 28.4. The molecule has 3 aliphatic rings. The summed E-state index contributed by atoms with van der Waals surface area (Å²) in [7, 11) is 0. The van der Waals surface area contributed by atoms with Crippen LogP contribution in [0.15, 0.2) is 206 Å². The van der Waals surface area contributed by atoms with E-state index in [4.69, 9.17) is 0 Å². The number of fused-ring (bicyclic) bond motifs is 7. The fourth-order valence-electron chi connectivity index (χ4n) is 10.6. The van der Waals surface area contributed by atoms with Gasteiger partial charge in [-0.15, -0.1) is 0 Å². The van der Waals surface area contributed by atoms with Crippen molar-refractivity contribution in [2.24, 2.45) is 5.92 Å². The van der Waals surface area contributed by atoms with Crippen molar-refractivity contribution in [1.82, 2.24) is 0 Å². The molecule has 0 saturated heterocycles. The predicted octanol–water partition coefficient (Wildman–Crippen LogP) is 14.4. The van der Waals surface area contributed by atoms with Crippen LogP contribution >= 0.6 is 0 Å². The molecule has 0 N–H and O–H groups in total. The maximum atomic E-state index is 2.52.